The first kappa shape index (κ1) is 17.1. The Kier molecular flexibility index (Phi) is 6.21. The summed E-state index contributed by atoms with van der Waals surface area (Å²) in [6.45, 7) is 4.16. The third-order valence-corrected chi connectivity index (χ3v) is 4.07. The average Bonchev–Trinajstić information content (AvgIpc) is 2.60. The fourth-order valence-electron chi connectivity index (χ4n) is 2.49. The zero-order chi connectivity index (χ0) is 16.7. The van der Waals surface area contributed by atoms with E-state index in [1.807, 2.05) is 31.2 Å². The van der Waals surface area contributed by atoms with Crippen molar-refractivity contribution in [2.45, 2.75) is 39.2 Å². The molecule has 0 saturated carbocycles. The van der Waals surface area contributed by atoms with Crippen LogP contribution in [0, 0.1) is 0 Å². The van der Waals surface area contributed by atoms with Crippen LogP contribution in [0.3, 0.4) is 0 Å². The number of hydrogen-bond donors (Lipinski definition) is 1. The Hall–Kier alpha value is -2.29. The number of hydrogen-bond acceptors (Lipinski definition) is 2. The van der Waals surface area contributed by atoms with Crippen LogP contribution in [0.5, 0.6) is 5.75 Å². The molecule has 3 heteroatoms. The van der Waals surface area contributed by atoms with Gasteiger partial charge in [0.1, 0.15) is 5.75 Å². The van der Waals surface area contributed by atoms with E-state index in [4.69, 9.17) is 4.74 Å². The standard InChI is InChI=1S/C20H25NO2/c1-4-16-5-10-18(11-6-16)15(2)21-20(22)14-9-17-7-12-19(23-3)13-8-17/h5-8,10-13,15H,4,9,14H2,1-3H3,(H,21,22)/t15-/m1/s1. The van der Waals surface area contributed by atoms with Gasteiger partial charge in [0, 0.05) is 6.42 Å². The summed E-state index contributed by atoms with van der Waals surface area (Å²) in [5, 5.41) is 3.06. The van der Waals surface area contributed by atoms with Gasteiger partial charge in [0.05, 0.1) is 13.2 Å². The van der Waals surface area contributed by atoms with Gasteiger partial charge in [-0.3, -0.25) is 4.79 Å². The van der Waals surface area contributed by atoms with Crippen LogP contribution in [-0.4, -0.2) is 13.0 Å². The molecule has 23 heavy (non-hydrogen) atoms. The summed E-state index contributed by atoms with van der Waals surface area (Å²) in [7, 11) is 1.65. The quantitative estimate of drug-likeness (QED) is 0.837. The number of methoxy groups -OCH3 is 1. The second-order valence-corrected chi connectivity index (χ2v) is 5.73. The summed E-state index contributed by atoms with van der Waals surface area (Å²) in [5.74, 6) is 0.912. The molecule has 1 amide bonds. The van der Waals surface area contributed by atoms with E-state index in [9.17, 15) is 4.79 Å². The van der Waals surface area contributed by atoms with Gasteiger partial charge in [-0.05, 0) is 48.6 Å². The first-order chi connectivity index (χ1) is 11.1. The van der Waals surface area contributed by atoms with Crippen LogP contribution in [0.2, 0.25) is 0 Å². The maximum Gasteiger partial charge on any atom is 0.220 e. The van der Waals surface area contributed by atoms with Crippen molar-refractivity contribution in [3.63, 3.8) is 0 Å². The first-order valence-corrected chi connectivity index (χ1v) is 8.13. The predicted octanol–water partition coefficient (Wildman–Crippen LogP) is 4.07. The number of nitrogens with one attached hydrogen (secondary N) is 1. The lowest BCUT2D eigenvalue weighted by Crippen LogP contribution is -2.26. The van der Waals surface area contributed by atoms with Crippen LogP contribution < -0.4 is 10.1 Å². The van der Waals surface area contributed by atoms with Crippen LogP contribution in [0.15, 0.2) is 48.5 Å². The van der Waals surface area contributed by atoms with Gasteiger partial charge >= 0.3 is 0 Å². The molecule has 2 aromatic carbocycles. The fraction of sp³-hybridized carbons (Fsp3) is 0.350. The highest BCUT2D eigenvalue weighted by molar-refractivity contribution is 5.76. The molecule has 3 nitrogen and oxygen atoms in total. The monoisotopic (exact) mass is 311 g/mol. The molecule has 0 unspecified atom stereocenters. The molecule has 0 aromatic heterocycles. The second kappa shape index (κ2) is 8.37. The molecule has 0 aliphatic rings. The van der Waals surface area contributed by atoms with Crippen LogP contribution in [-0.2, 0) is 17.6 Å². The molecule has 0 aliphatic carbocycles. The SMILES string of the molecule is CCc1ccc([C@@H](C)NC(=O)CCc2ccc(OC)cc2)cc1. The van der Waals surface area contributed by atoms with Gasteiger partial charge in [0.2, 0.25) is 5.91 Å². The van der Waals surface area contributed by atoms with Crippen molar-refractivity contribution in [2.75, 3.05) is 7.11 Å². The summed E-state index contributed by atoms with van der Waals surface area (Å²) >= 11 is 0. The molecular weight excluding hydrogens is 286 g/mol. The largest absolute Gasteiger partial charge is 0.497 e. The maximum absolute atomic E-state index is 12.1. The lowest BCUT2D eigenvalue weighted by atomic mass is 10.0. The van der Waals surface area contributed by atoms with Crippen molar-refractivity contribution in [1.82, 2.24) is 5.32 Å². The van der Waals surface area contributed by atoms with Crippen molar-refractivity contribution in [3.8, 4) is 5.75 Å². The number of aryl methyl sites for hydroxylation is 2. The van der Waals surface area contributed by atoms with Crippen LogP contribution >= 0.6 is 0 Å². The average molecular weight is 311 g/mol. The van der Waals surface area contributed by atoms with E-state index in [1.165, 1.54) is 5.56 Å². The molecule has 1 atom stereocenters. The van der Waals surface area contributed by atoms with Crippen molar-refractivity contribution >= 4 is 5.91 Å². The predicted molar refractivity (Wildman–Crippen MR) is 93.7 cm³/mol. The van der Waals surface area contributed by atoms with Crippen LogP contribution in [0.25, 0.3) is 0 Å². The van der Waals surface area contributed by atoms with Gasteiger partial charge in [-0.2, -0.15) is 0 Å². The molecular formula is C20H25NO2. The van der Waals surface area contributed by atoms with Crippen molar-refractivity contribution in [2.24, 2.45) is 0 Å². The number of carbonyl (C=O) groups excluding carboxylic acids is 1. The summed E-state index contributed by atoms with van der Waals surface area (Å²) < 4.78 is 5.13. The van der Waals surface area contributed by atoms with Crippen molar-refractivity contribution in [1.29, 1.82) is 0 Å². The van der Waals surface area contributed by atoms with Crippen LogP contribution in [0.4, 0.5) is 0 Å². The minimum atomic E-state index is 0.0317. The van der Waals surface area contributed by atoms with E-state index >= 15 is 0 Å². The Morgan fingerprint density at radius 1 is 1.04 bits per heavy atom. The maximum atomic E-state index is 12.1. The van der Waals surface area contributed by atoms with Crippen molar-refractivity contribution in [3.05, 3.63) is 65.2 Å². The van der Waals surface area contributed by atoms with E-state index in [2.05, 4.69) is 36.5 Å². The van der Waals surface area contributed by atoms with Crippen molar-refractivity contribution < 1.29 is 9.53 Å². The Labute approximate surface area is 138 Å². The lowest BCUT2D eigenvalue weighted by molar-refractivity contribution is -0.121. The summed E-state index contributed by atoms with van der Waals surface area (Å²) in [6, 6.07) is 16.3. The molecule has 0 bridgehead atoms. The Morgan fingerprint density at radius 2 is 1.65 bits per heavy atom. The van der Waals surface area contributed by atoms with E-state index in [0.29, 0.717) is 6.42 Å². The lowest BCUT2D eigenvalue weighted by Gasteiger charge is -2.15. The zero-order valence-corrected chi connectivity index (χ0v) is 14.1. The third kappa shape index (κ3) is 5.13. The molecule has 0 radical (unpaired) electrons. The fourth-order valence-corrected chi connectivity index (χ4v) is 2.49. The first-order valence-electron chi connectivity index (χ1n) is 8.13. The topological polar surface area (TPSA) is 38.3 Å². The molecule has 0 aliphatic heterocycles. The van der Waals surface area contributed by atoms with Crippen LogP contribution in [0.1, 0.15) is 43.0 Å². The molecule has 1 N–H and O–H groups in total. The van der Waals surface area contributed by atoms with Gasteiger partial charge in [0.15, 0.2) is 0 Å². The number of amides is 1. The second-order valence-electron chi connectivity index (χ2n) is 5.73. The zero-order valence-electron chi connectivity index (χ0n) is 14.1. The number of ether oxygens (including phenoxy) is 1. The number of benzene rings is 2. The van der Waals surface area contributed by atoms with E-state index in [-0.39, 0.29) is 11.9 Å². The van der Waals surface area contributed by atoms with Gasteiger partial charge in [-0.15, -0.1) is 0 Å². The molecule has 122 valence electrons. The molecule has 0 heterocycles. The van der Waals surface area contributed by atoms with Gasteiger partial charge < -0.3 is 10.1 Å². The normalized spacial score (nSPS) is 11.8. The summed E-state index contributed by atoms with van der Waals surface area (Å²) in [6.07, 6.45) is 2.25. The molecule has 0 saturated heterocycles. The van der Waals surface area contributed by atoms with E-state index in [1.54, 1.807) is 7.11 Å². The Balaban J connectivity index is 1.83. The molecule has 0 fully saturated rings. The van der Waals surface area contributed by atoms with Gasteiger partial charge in [-0.1, -0.05) is 43.3 Å². The minimum Gasteiger partial charge on any atom is -0.497 e. The smallest absolute Gasteiger partial charge is 0.220 e. The molecule has 2 aromatic rings. The van der Waals surface area contributed by atoms with Gasteiger partial charge in [-0.25, -0.2) is 0 Å². The minimum absolute atomic E-state index is 0.0317. The molecule has 2 rings (SSSR count). The van der Waals surface area contributed by atoms with E-state index < -0.39 is 0 Å². The third-order valence-electron chi connectivity index (χ3n) is 4.07. The highest BCUT2D eigenvalue weighted by atomic mass is 16.5. The highest BCUT2D eigenvalue weighted by Crippen LogP contribution is 2.15. The summed E-state index contributed by atoms with van der Waals surface area (Å²) in [4.78, 5) is 12.1. The number of rotatable bonds is 7. The molecule has 0 spiro atoms. The Bertz CT molecular complexity index is 617. The van der Waals surface area contributed by atoms with E-state index in [0.717, 1.165) is 29.7 Å². The Morgan fingerprint density at radius 3 is 2.22 bits per heavy atom. The van der Waals surface area contributed by atoms with Gasteiger partial charge in [0.25, 0.3) is 0 Å². The highest BCUT2D eigenvalue weighted by Gasteiger charge is 2.09. The number of carbonyl (C=O) groups is 1. The summed E-state index contributed by atoms with van der Waals surface area (Å²) in [5.41, 5.74) is 3.59.